The predicted molar refractivity (Wildman–Crippen MR) is 130 cm³/mol. The van der Waals surface area contributed by atoms with E-state index >= 15 is 0 Å². The molecule has 1 aliphatic rings. The molecule has 1 aliphatic heterocycles. The Morgan fingerprint density at radius 3 is 2.21 bits per heavy atom. The van der Waals surface area contributed by atoms with Gasteiger partial charge in [-0.1, -0.05) is 30.3 Å². The molecule has 2 aromatic carbocycles. The van der Waals surface area contributed by atoms with E-state index in [0.717, 1.165) is 43.5 Å². The SMILES string of the molecule is CN=C(NCC(OC)c1ccccc1)N1CCN(c2ccc(OC)cc2)CC1.I. The van der Waals surface area contributed by atoms with Gasteiger partial charge in [0, 0.05) is 52.6 Å². The van der Waals surface area contributed by atoms with Crippen LogP contribution in [0.1, 0.15) is 11.7 Å². The smallest absolute Gasteiger partial charge is 0.193 e. The third-order valence-corrected chi connectivity index (χ3v) is 5.13. The molecule has 158 valence electrons. The summed E-state index contributed by atoms with van der Waals surface area (Å²) in [4.78, 5) is 9.17. The van der Waals surface area contributed by atoms with Crippen molar-refractivity contribution >= 4 is 35.6 Å². The van der Waals surface area contributed by atoms with Gasteiger partial charge in [0.05, 0.1) is 13.2 Å². The lowest BCUT2D eigenvalue weighted by molar-refractivity contribution is 0.105. The summed E-state index contributed by atoms with van der Waals surface area (Å²) >= 11 is 0. The van der Waals surface area contributed by atoms with Crippen LogP contribution in [0, 0.1) is 0 Å². The highest BCUT2D eigenvalue weighted by molar-refractivity contribution is 14.0. The molecule has 0 bridgehead atoms. The Balaban J connectivity index is 0.00000300. The molecular weight excluding hydrogens is 479 g/mol. The summed E-state index contributed by atoms with van der Waals surface area (Å²) < 4.78 is 10.9. The Hall–Kier alpha value is -2.00. The van der Waals surface area contributed by atoms with E-state index in [0.29, 0.717) is 6.54 Å². The van der Waals surface area contributed by atoms with E-state index in [1.807, 2.05) is 37.4 Å². The number of benzene rings is 2. The van der Waals surface area contributed by atoms with Gasteiger partial charge in [-0.3, -0.25) is 4.99 Å². The first-order valence-corrected chi connectivity index (χ1v) is 9.67. The third kappa shape index (κ3) is 6.24. The molecule has 1 atom stereocenters. The highest BCUT2D eigenvalue weighted by atomic mass is 127. The Kier molecular flexibility index (Phi) is 9.53. The minimum Gasteiger partial charge on any atom is -0.497 e. The lowest BCUT2D eigenvalue weighted by Crippen LogP contribution is -2.53. The largest absolute Gasteiger partial charge is 0.497 e. The van der Waals surface area contributed by atoms with Crippen molar-refractivity contribution < 1.29 is 9.47 Å². The van der Waals surface area contributed by atoms with E-state index in [4.69, 9.17) is 9.47 Å². The van der Waals surface area contributed by atoms with E-state index < -0.39 is 0 Å². The average Bonchev–Trinajstić information content (AvgIpc) is 2.78. The van der Waals surface area contributed by atoms with Crippen molar-refractivity contribution in [2.45, 2.75) is 6.10 Å². The molecule has 0 saturated carbocycles. The Morgan fingerprint density at radius 1 is 1.00 bits per heavy atom. The fraction of sp³-hybridized carbons (Fsp3) is 0.409. The fourth-order valence-corrected chi connectivity index (χ4v) is 3.49. The number of aliphatic imine (C=N–C) groups is 1. The molecule has 1 saturated heterocycles. The number of hydrogen-bond donors (Lipinski definition) is 1. The minimum atomic E-state index is -0.00135. The Labute approximate surface area is 190 Å². The molecule has 0 amide bonds. The van der Waals surface area contributed by atoms with Crippen molar-refractivity contribution in [2.24, 2.45) is 4.99 Å². The summed E-state index contributed by atoms with van der Waals surface area (Å²) in [6.45, 7) is 4.45. The molecule has 1 heterocycles. The number of guanidine groups is 1. The van der Waals surface area contributed by atoms with Gasteiger partial charge in [-0.05, 0) is 29.8 Å². The van der Waals surface area contributed by atoms with E-state index in [2.05, 4.69) is 44.4 Å². The highest BCUT2D eigenvalue weighted by Gasteiger charge is 2.21. The summed E-state index contributed by atoms with van der Waals surface area (Å²) in [6, 6.07) is 18.5. The van der Waals surface area contributed by atoms with E-state index in [-0.39, 0.29) is 30.1 Å². The van der Waals surface area contributed by atoms with Crippen LogP contribution in [0.3, 0.4) is 0 Å². The first kappa shape index (κ1) is 23.3. The van der Waals surface area contributed by atoms with Gasteiger partial charge in [0.1, 0.15) is 5.75 Å². The van der Waals surface area contributed by atoms with Gasteiger partial charge in [0.25, 0.3) is 0 Å². The van der Waals surface area contributed by atoms with Gasteiger partial charge in [0.15, 0.2) is 5.96 Å². The van der Waals surface area contributed by atoms with Crippen LogP contribution in [-0.2, 0) is 4.74 Å². The molecule has 1 unspecified atom stereocenters. The molecular formula is C22H31IN4O2. The van der Waals surface area contributed by atoms with Crippen LogP contribution in [0.4, 0.5) is 5.69 Å². The predicted octanol–water partition coefficient (Wildman–Crippen LogP) is 3.40. The van der Waals surface area contributed by atoms with Crippen LogP contribution >= 0.6 is 24.0 Å². The van der Waals surface area contributed by atoms with Crippen LogP contribution in [0.2, 0.25) is 0 Å². The molecule has 0 spiro atoms. The molecule has 1 fully saturated rings. The van der Waals surface area contributed by atoms with Crippen molar-refractivity contribution in [3.63, 3.8) is 0 Å². The lowest BCUT2D eigenvalue weighted by Gasteiger charge is -2.38. The lowest BCUT2D eigenvalue weighted by atomic mass is 10.1. The molecule has 6 nitrogen and oxygen atoms in total. The van der Waals surface area contributed by atoms with Crippen molar-refractivity contribution in [1.82, 2.24) is 10.2 Å². The number of nitrogens with zero attached hydrogens (tertiary/aromatic N) is 3. The van der Waals surface area contributed by atoms with Gasteiger partial charge >= 0.3 is 0 Å². The molecule has 2 aromatic rings. The van der Waals surface area contributed by atoms with Gasteiger partial charge in [-0.15, -0.1) is 24.0 Å². The van der Waals surface area contributed by atoms with Crippen LogP contribution < -0.4 is 15.0 Å². The molecule has 0 radical (unpaired) electrons. The zero-order valence-corrected chi connectivity index (χ0v) is 19.7. The average molecular weight is 510 g/mol. The Morgan fingerprint density at radius 2 is 1.66 bits per heavy atom. The second-order valence-electron chi connectivity index (χ2n) is 6.74. The molecule has 29 heavy (non-hydrogen) atoms. The van der Waals surface area contributed by atoms with Gasteiger partial charge in [-0.2, -0.15) is 0 Å². The zero-order chi connectivity index (χ0) is 19.8. The highest BCUT2D eigenvalue weighted by Crippen LogP contribution is 2.20. The minimum absolute atomic E-state index is 0. The van der Waals surface area contributed by atoms with Crippen molar-refractivity contribution in [3.05, 3.63) is 60.2 Å². The summed E-state index contributed by atoms with van der Waals surface area (Å²) in [5, 5.41) is 3.47. The first-order valence-electron chi connectivity index (χ1n) is 9.67. The maximum absolute atomic E-state index is 5.66. The number of hydrogen-bond acceptors (Lipinski definition) is 4. The van der Waals surface area contributed by atoms with Crippen molar-refractivity contribution in [1.29, 1.82) is 0 Å². The van der Waals surface area contributed by atoms with E-state index in [1.54, 1.807) is 14.2 Å². The topological polar surface area (TPSA) is 49.3 Å². The van der Waals surface area contributed by atoms with Gasteiger partial charge in [-0.25, -0.2) is 0 Å². The van der Waals surface area contributed by atoms with E-state index in [9.17, 15) is 0 Å². The molecule has 3 rings (SSSR count). The maximum Gasteiger partial charge on any atom is 0.193 e. The molecule has 1 N–H and O–H groups in total. The molecule has 0 aromatic heterocycles. The van der Waals surface area contributed by atoms with Crippen LogP contribution in [0.25, 0.3) is 0 Å². The number of nitrogens with one attached hydrogen (secondary N) is 1. The van der Waals surface area contributed by atoms with Crippen LogP contribution in [-0.4, -0.2) is 64.9 Å². The first-order chi connectivity index (χ1) is 13.7. The monoisotopic (exact) mass is 510 g/mol. The summed E-state index contributed by atoms with van der Waals surface area (Å²) in [5.74, 6) is 1.81. The summed E-state index contributed by atoms with van der Waals surface area (Å²) in [5.41, 5.74) is 2.39. The third-order valence-electron chi connectivity index (χ3n) is 5.13. The van der Waals surface area contributed by atoms with Crippen molar-refractivity contribution in [3.8, 4) is 5.75 Å². The molecule has 7 heteroatoms. The summed E-state index contributed by atoms with van der Waals surface area (Å²) in [6.07, 6.45) is -0.00135. The number of methoxy groups -OCH3 is 2. The van der Waals surface area contributed by atoms with E-state index in [1.165, 1.54) is 5.69 Å². The maximum atomic E-state index is 5.66. The second-order valence-corrected chi connectivity index (χ2v) is 6.74. The number of ether oxygens (including phenoxy) is 2. The number of piperazine rings is 1. The Bertz CT molecular complexity index is 747. The zero-order valence-electron chi connectivity index (χ0n) is 17.4. The second kappa shape index (κ2) is 11.9. The van der Waals surface area contributed by atoms with Crippen LogP contribution in [0.5, 0.6) is 5.75 Å². The van der Waals surface area contributed by atoms with Gasteiger partial charge in [0.2, 0.25) is 0 Å². The van der Waals surface area contributed by atoms with Crippen LogP contribution in [0.15, 0.2) is 59.6 Å². The molecule has 0 aliphatic carbocycles. The number of rotatable bonds is 6. The number of halogens is 1. The quantitative estimate of drug-likeness (QED) is 0.367. The van der Waals surface area contributed by atoms with Crippen molar-refractivity contribution in [2.75, 3.05) is 58.9 Å². The summed E-state index contributed by atoms with van der Waals surface area (Å²) in [7, 11) is 5.27. The van der Waals surface area contributed by atoms with Gasteiger partial charge < -0.3 is 24.6 Å². The number of anilines is 1. The normalized spacial score (nSPS) is 15.5. The fourth-order valence-electron chi connectivity index (χ4n) is 3.49. The standard InChI is InChI=1S/C22H30N4O2.HI/c1-23-22(24-17-21(28-3)18-7-5-4-6-8-18)26-15-13-25(14-16-26)19-9-11-20(27-2)12-10-19;/h4-12,21H,13-17H2,1-3H3,(H,23,24);1H.